The van der Waals surface area contributed by atoms with Crippen LogP contribution in [0.4, 0.5) is 5.69 Å². The first kappa shape index (κ1) is 15.5. The highest BCUT2D eigenvalue weighted by molar-refractivity contribution is 5.85. The summed E-state index contributed by atoms with van der Waals surface area (Å²) < 4.78 is 0. The van der Waals surface area contributed by atoms with Crippen molar-refractivity contribution < 1.29 is 0 Å². The quantitative estimate of drug-likeness (QED) is 0.849. The Morgan fingerprint density at radius 3 is 2.32 bits per heavy atom. The van der Waals surface area contributed by atoms with Gasteiger partial charge in [-0.2, -0.15) is 0 Å². The first-order valence-corrected chi connectivity index (χ1v) is 6.31. The summed E-state index contributed by atoms with van der Waals surface area (Å²) in [6.07, 6.45) is 1.08. The Labute approximate surface area is 121 Å². The summed E-state index contributed by atoms with van der Waals surface area (Å²) in [6.45, 7) is 2.00. The molecule has 0 aliphatic carbocycles. The molecule has 3 heteroatoms. The maximum Gasteiger partial charge on any atom is 0.0317 e. The lowest BCUT2D eigenvalue weighted by molar-refractivity contribution is 0.331. The number of rotatable bonds is 5. The van der Waals surface area contributed by atoms with Gasteiger partial charge in [-0.15, -0.1) is 12.4 Å². The highest BCUT2D eigenvalue weighted by atomic mass is 35.5. The fourth-order valence-electron chi connectivity index (χ4n) is 2.05. The number of anilines is 1. The van der Waals surface area contributed by atoms with E-state index in [4.69, 9.17) is 5.73 Å². The SMILES string of the molecule is CN(CCc1ccccc1)Cc1cccc(N)c1.Cl. The van der Waals surface area contributed by atoms with Crippen LogP contribution in [0.2, 0.25) is 0 Å². The molecule has 0 amide bonds. The molecule has 0 bridgehead atoms. The van der Waals surface area contributed by atoms with Crippen molar-refractivity contribution in [3.05, 3.63) is 65.7 Å². The van der Waals surface area contributed by atoms with Crippen molar-refractivity contribution in [3.63, 3.8) is 0 Å². The average molecular weight is 277 g/mol. The van der Waals surface area contributed by atoms with Crippen LogP contribution in [0.25, 0.3) is 0 Å². The number of hydrogen-bond acceptors (Lipinski definition) is 2. The minimum absolute atomic E-state index is 0. The average Bonchev–Trinajstić information content (AvgIpc) is 2.38. The van der Waals surface area contributed by atoms with Crippen LogP contribution in [0.5, 0.6) is 0 Å². The number of halogens is 1. The number of likely N-dealkylation sites (N-methyl/N-ethyl adjacent to an activating group) is 1. The largest absolute Gasteiger partial charge is 0.399 e. The van der Waals surface area contributed by atoms with E-state index in [0.29, 0.717) is 0 Å². The molecule has 2 aromatic carbocycles. The highest BCUT2D eigenvalue weighted by Gasteiger charge is 2.01. The highest BCUT2D eigenvalue weighted by Crippen LogP contribution is 2.09. The van der Waals surface area contributed by atoms with Crippen molar-refractivity contribution in [2.75, 3.05) is 19.3 Å². The second-order valence-electron chi connectivity index (χ2n) is 4.72. The molecular weight excluding hydrogens is 256 g/mol. The molecule has 2 N–H and O–H groups in total. The van der Waals surface area contributed by atoms with Gasteiger partial charge in [-0.1, -0.05) is 42.5 Å². The lowest BCUT2D eigenvalue weighted by Crippen LogP contribution is -2.20. The molecule has 0 atom stereocenters. The van der Waals surface area contributed by atoms with Crippen molar-refractivity contribution in [2.24, 2.45) is 0 Å². The van der Waals surface area contributed by atoms with Crippen LogP contribution in [0.15, 0.2) is 54.6 Å². The molecule has 0 heterocycles. The summed E-state index contributed by atoms with van der Waals surface area (Å²) in [4.78, 5) is 2.32. The van der Waals surface area contributed by atoms with E-state index >= 15 is 0 Å². The molecule has 0 aliphatic heterocycles. The Hall–Kier alpha value is -1.51. The summed E-state index contributed by atoms with van der Waals surface area (Å²) in [7, 11) is 2.14. The maximum absolute atomic E-state index is 5.78. The van der Waals surface area contributed by atoms with Crippen LogP contribution in [0.1, 0.15) is 11.1 Å². The minimum atomic E-state index is 0. The van der Waals surface area contributed by atoms with Crippen LogP contribution in [0, 0.1) is 0 Å². The van der Waals surface area contributed by atoms with Gasteiger partial charge in [-0.05, 0) is 36.7 Å². The van der Waals surface area contributed by atoms with Gasteiger partial charge in [-0.25, -0.2) is 0 Å². The molecule has 0 saturated carbocycles. The number of nitrogen functional groups attached to an aromatic ring is 1. The van der Waals surface area contributed by atoms with Crippen molar-refractivity contribution in [1.82, 2.24) is 4.90 Å². The third kappa shape index (κ3) is 5.33. The molecule has 0 saturated heterocycles. The second-order valence-corrected chi connectivity index (χ2v) is 4.72. The predicted octanol–water partition coefficient (Wildman–Crippen LogP) is 3.37. The Kier molecular flexibility index (Phi) is 6.40. The topological polar surface area (TPSA) is 29.3 Å². The van der Waals surface area contributed by atoms with E-state index in [1.807, 2.05) is 18.2 Å². The van der Waals surface area contributed by atoms with Crippen LogP contribution in [0.3, 0.4) is 0 Å². The Morgan fingerprint density at radius 2 is 1.63 bits per heavy atom. The normalized spacial score (nSPS) is 10.2. The maximum atomic E-state index is 5.78. The Morgan fingerprint density at radius 1 is 0.947 bits per heavy atom. The van der Waals surface area contributed by atoms with Gasteiger partial charge in [0.15, 0.2) is 0 Å². The van der Waals surface area contributed by atoms with E-state index in [9.17, 15) is 0 Å². The summed E-state index contributed by atoms with van der Waals surface area (Å²) in [6, 6.07) is 18.7. The van der Waals surface area contributed by atoms with Gasteiger partial charge in [0.2, 0.25) is 0 Å². The van der Waals surface area contributed by atoms with E-state index in [2.05, 4.69) is 48.3 Å². The third-order valence-electron chi connectivity index (χ3n) is 3.03. The summed E-state index contributed by atoms with van der Waals surface area (Å²) in [5.74, 6) is 0. The van der Waals surface area contributed by atoms with E-state index in [0.717, 1.165) is 25.2 Å². The molecule has 0 spiro atoms. The van der Waals surface area contributed by atoms with Crippen molar-refractivity contribution in [2.45, 2.75) is 13.0 Å². The fourth-order valence-corrected chi connectivity index (χ4v) is 2.05. The van der Waals surface area contributed by atoms with Crippen molar-refractivity contribution in [1.29, 1.82) is 0 Å². The number of nitrogens with two attached hydrogens (primary N) is 1. The second kappa shape index (κ2) is 7.82. The molecule has 19 heavy (non-hydrogen) atoms. The Bertz CT molecular complexity index is 485. The number of nitrogens with zero attached hydrogens (tertiary/aromatic N) is 1. The zero-order chi connectivity index (χ0) is 12.8. The summed E-state index contributed by atoms with van der Waals surface area (Å²) in [5, 5.41) is 0. The standard InChI is InChI=1S/C16H20N2.ClH/c1-18(11-10-14-6-3-2-4-7-14)13-15-8-5-9-16(17)12-15;/h2-9,12H,10-11,13,17H2,1H3;1H. The van der Waals surface area contributed by atoms with E-state index in [1.54, 1.807) is 0 Å². The lowest BCUT2D eigenvalue weighted by Gasteiger charge is -2.16. The monoisotopic (exact) mass is 276 g/mol. The van der Waals surface area contributed by atoms with Gasteiger partial charge in [0.05, 0.1) is 0 Å². The van der Waals surface area contributed by atoms with Crippen molar-refractivity contribution >= 4 is 18.1 Å². The van der Waals surface area contributed by atoms with Gasteiger partial charge in [-0.3, -0.25) is 0 Å². The molecule has 0 aromatic heterocycles. The number of benzene rings is 2. The molecule has 2 nitrogen and oxygen atoms in total. The molecule has 2 rings (SSSR count). The van der Waals surface area contributed by atoms with Crippen LogP contribution >= 0.6 is 12.4 Å². The van der Waals surface area contributed by atoms with Crippen LogP contribution < -0.4 is 5.73 Å². The smallest absolute Gasteiger partial charge is 0.0317 e. The van der Waals surface area contributed by atoms with Crippen molar-refractivity contribution in [3.8, 4) is 0 Å². The Balaban J connectivity index is 0.00000180. The fraction of sp³-hybridized carbons (Fsp3) is 0.250. The van der Waals surface area contributed by atoms with Gasteiger partial charge in [0, 0.05) is 18.8 Å². The molecule has 0 unspecified atom stereocenters. The van der Waals surface area contributed by atoms with Gasteiger partial charge >= 0.3 is 0 Å². The van der Waals surface area contributed by atoms with Gasteiger partial charge in [0.25, 0.3) is 0 Å². The zero-order valence-corrected chi connectivity index (χ0v) is 12.1. The first-order valence-electron chi connectivity index (χ1n) is 6.31. The molecule has 0 fully saturated rings. The molecule has 0 radical (unpaired) electrons. The first-order chi connectivity index (χ1) is 8.74. The van der Waals surface area contributed by atoms with E-state index < -0.39 is 0 Å². The van der Waals surface area contributed by atoms with Gasteiger partial charge < -0.3 is 10.6 Å². The molecular formula is C16H21ClN2. The lowest BCUT2D eigenvalue weighted by atomic mass is 10.1. The van der Waals surface area contributed by atoms with Crippen LogP contribution in [-0.4, -0.2) is 18.5 Å². The summed E-state index contributed by atoms with van der Waals surface area (Å²) >= 11 is 0. The van der Waals surface area contributed by atoms with E-state index in [-0.39, 0.29) is 12.4 Å². The van der Waals surface area contributed by atoms with E-state index in [1.165, 1.54) is 11.1 Å². The predicted molar refractivity (Wildman–Crippen MR) is 84.6 cm³/mol. The molecule has 2 aromatic rings. The van der Waals surface area contributed by atoms with Gasteiger partial charge in [0.1, 0.15) is 0 Å². The number of hydrogen-bond donors (Lipinski definition) is 1. The molecule has 0 aliphatic rings. The zero-order valence-electron chi connectivity index (χ0n) is 11.3. The summed E-state index contributed by atoms with van der Waals surface area (Å²) in [5.41, 5.74) is 9.27. The minimum Gasteiger partial charge on any atom is -0.399 e. The van der Waals surface area contributed by atoms with Crippen LogP contribution in [-0.2, 0) is 13.0 Å². The third-order valence-corrected chi connectivity index (χ3v) is 3.03. The molecule has 102 valence electrons.